The van der Waals surface area contributed by atoms with E-state index in [1.165, 1.54) is 17.0 Å². The van der Waals surface area contributed by atoms with Crippen LogP contribution < -0.4 is 20.1 Å². The van der Waals surface area contributed by atoms with E-state index in [9.17, 15) is 40.8 Å². The predicted octanol–water partition coefficient (Wildman–Crippen LogP) is 6.76. The van der Waals surface area contributed by atoms with Crippen molar-refractivity contribution in [3.05, 3.63) is 65.7 Å². The summed E-state index contributed by atoms with van der Waals surface area (Å²) in [4.78, 5) is 67.1. The molecule has 4 fully saturated rings. The van der Waals surface area contributed by atoms with Gasteiger partial charge in [0, 0.05) is 23.3 Å². The fourth-order valence-corrected chi connectivity index (χ4v) is 10.5. The van der Waals surface area contributed by atoms with Gasteiger partial charge in [-0.2, -0.15) is 18.2 Å². The van der Waals surface area contributed by atoms with Gasteiger partial charge in [0.25, 0.3) is 11.8 Å². The maximum Gasteiger partial charge on any atom is 0.416 e. The van der Waals surface area contributed by atoms with Gasteiger partial charge in [0.05, 0.1) is 17.4 Å². The molecule has 0 radical (unpaired) electrons. The van der Waals surface area contributed by atoms with Gasteiger partial charge in [-0.3, -0.25) is 19.1 Å². The summed E-state index contributed by atoms with van der Waals surface area (Å²) in [5.74, 6) is -2.96. The number of benzene rings is 2. The lowest BCUT2D eigenvalue weighted by Crippen LogP contribution is -2.58. The van der Waals surface area contributed by atoms with Crippen molar-refractivity contribution in [2.24, 2.45) is 5.92 Å². The Morgan fingerprint density at radius 3 is 2.52 bits per heavy atom. The predicted molar refractivity (Wildman–Crippen MR) is 226 cm³/mol. The maximum absolute atomic E-state index is 14.8. The minimum Gasteiger partial charge on any atom is -0.470 e. The van der Waals surface area contributed by atoms with Crippen LogP contribution >= 0.6 is 0 Å². The Morgan fingerprint density at radius 2 is 1.75 bits per heavy atom. The molecule has 4 heterocycles. The second kappa shape index (κ2) is 17.0. The SMILES string of the molecule is Cc1ccc2oc3c(OC4CC5C(=O)NC6(C(=O)NS(=O)(=O)C7CC7)CC6/C=C\CCCCCC(NC(=O)OC6CCCC6)C(=O)N5C4)nc(-c4cccc(C(F)(F)F)c4)nc3c2c1. The molecule has 19 heteroatoms. The average molecular weight is 907 g/mol. The third-order valence-electron chi connectivity index (χ3n) is 12.9. The highest BCUT2D eigenvalue weighted by atomic mass is 32.2. The summed E-state index contributed by atoms with van der Waals surface area (Å²) in [6, 6.07) is 7.53. The lowest BCUT2D eigenvalue weighted by atomic mass is 10.0. The van der Waals surface area contributed by atoms with Crippen molar-refractivity contribution in [3.63, 3.8) is 0 Å². The first-order valence-corrected chi connectivity index (χ1v) is 23.5. The molecule has 2 aliphatic heterocycles. The first kappa shape index (κ1) is 43.5. The summed E-state index contributed by atoms with van der Waals surface area (Å²) < 4.78 is 88.1. The second-order valence-electron chi connectivity index (χ2n) is 17.7. The molecular formula is C45H49F3N6O9S. The van der Waals surface area contributed by atoms with E-state index in [1.807, 2.05) is 31.2 Å². The molecule has 3 aliphatic carbocycles. The van der Waals surface area contributed by atoms with E-state index >= 15 is 0 Å². The fourth-order valence-electron chi connectivity index (χ4n) is 9.11. The number of nitrogens with zero attached hydrogens (tertiary/aromatic N) is 3. The minimum absolute atomic E-state index is 0.0518. The quantitative estimate of drug-likeness (QED) is 0.158. The van der Waals surface area contributed by atoms with E-state index in [4.69, 9.17) is 13.9 Å². The maximum atomic E-state index is 14.8. The number of alkyl carbamates (subject to hydrolysis) is 1. The number of halogens is 3. The summed E-state index contributed by atoms with van der Waals surface area (Å²) in [6.45, 7) is 1.65. The molecule has 340 valence electrons. The highest BCUT2D eigenvalue weighted by molar-refractivity contribution is 7.91. The van der Waals surface area contributed by atoms with E-state index in [1.54, 1.807) is 6.07 Å². The van der Waals surface area contributed by atoms with Crippen LogP contribution in [0.5, 0.6) is 5.88 Å². The van der Waals surface area contributed by atoms with Gasteiger partial charge >= 0.3 is 12.3 Å². The zero-order valence-electron chi connectivity index (χ0n) is 35.1. The Morgan fingerprint density at radius 1 is 0.969 bits per heavy atom. The molecule has 1 saturated heterocycles. The topological polar surface area (TPSA) is 199 Å². The van der Waals surface area contributed by atoms with Crippen molar-refractivity contribution < 1.29 is 54.7 Å². The number of hydrogen-bond acceptors (Lipinski definition) is 11. The summed E-state index contributed by atoms with van der Waals surface area (Å²) in [7, 11) is -3.98. The van der Waals surface area contributed by atoms with Crippen molar-refractivity contribution in [2.45, 2.75) is 132 Å². The van der Waals surface area contributed by atoms with Crippen LogP contribution in [0.3, 0.4) is 0 Å². The largest absolute Gasteiger partial charge is 0.470 e. The molecule has 0 bridgehead atoms. The molecule has 3 saturated carbocycles. The summed E-state index contributed by atoms with van der Waals surface area (Å²) in [5, 5.41) is 5.47. The Hall–Kier alpha value is -5.72. The number of sulfonamides is 1. The zero-order chi connectivity index (χ0) is 45.0. The number of amides is 4. The molecule has 64 heavy (non-hydrogen) atoms. The smallest absolute Gasteiger partial charge is 0.416 e. The summed E-state index contributed by atoms with van der Waals surface area (Å²) in [6.07, 6.45) is 3.98. The van der Waals surface area contributed by atoms with Crippen molar-refractivity contribution >= 4 is 55.9 Å². The standard InChI is InChI=1S/C45H49F3N6O9S/c1-25-16-19-35-32(20-25)36-37(63-35)40(51-38(50-36)26-10-9-12-27(21-26)45(46,47)48)61-30-22-34-39(55)52-44(42(57)53-64(59,60)31-17-18-31)23-28(44)11-5-3-2-4-6-15-33(41(56)54(34)24-30)49-43(58)62-29-13-7-8-14-29/h5,9-12,16,19-21,28-31,33-34H,2-4,6-8,13-15,17-18,22-24H2,1H3,(H,49,58)(H,52,55)(H,53,57)/b11-5-. The van der Waals surface area contributed by atoms with Crippen LogP contribution in [0.2, 0.25) is 0 Å². The number of fused-ring (bicyclic) bond motifs is 5. The van der Waals surface area contributed by atoms with Crippen molar-refractivity contribution in [1.29, 1.82) is 0 Å². The molecule has 4 aromatic rings. The molecular weight excluding hydrogens is 858 g/mol. The molecule has 2 aromatic heterocycles. The molecule has 4 amide bonds. The number of rotatable bonds is 8. The molecule has 9 rings (SSSR count). The van der Waals surface area contributed by atoms with Crippen LogP contribution in [0.1, 0.15) is 94.6 Å². The van der Waals surface area contributed by atoms with E-state index in [0.29, 0.717) is 55.9 Å². The monoisotopic (exact) mass is 906 g/mol. The van der Waals surface area contributed by atoms with Crippen LogP contribution in [0.4, 0.5) is 18.0 Å². The Balaban J connectivity index is 1.07. The van der Waals surface area contributed by atoms with Gasteiger partial charge in [0.1, 0.15) is 40.9 Å². The molecule has 5 atom stereocenters. The first-order valence-electron chi connectivity index (χ1n) is 22.0. The minimum atomic E-state index is -4.65. The van der Waals surface area contributed by atoms with Gasteiger partial charge in [-0.05, 0) is 95.4 Å². The summed E-state index contributed by atoms with van der Waals surface area (Å²) in [5.41, 5.74) is -0.840. The number of aromatic nitrogens is 2. The van der Waals surface area contributed by atoms with Gasteiger partial charge in [-0.15, -0.1) is 0 Å². The lowest BCUT2D eigenvalue weighted by Gasteiger charge is -2.30. The lowest BCUT2D eigenvalue weighted by molar-refractivity contribution is -0.141. The number of ether oxygens (including phenoxy) is 2. The number of carbonyl (C=O) groups is 4. The first-order chi connectivity index (χ1) is 30.6. The van der Waals surface area contributed by atoms with Crippen LogP contribution in [-0.4, -0.2) is 88.7 Å². The molecule has 5 aliphatic rings. The normalized spacial score (nSPS) is 26.3. The van der Waals surface area contributed by atoms with Crippen LogP contribution in [0.15, 0.2) is 59.0 Å². The number of carbonyl (C=O) groups excluding carboxylic acids is 4. The molecule has 2 aromatic carbocycles. The fraction of sp³-hybridized carbons (Fsp3) is 0.511. The van der Waals surface area contributed by atoms with Gasteiger partial charge < -0.3 is 29.4 Å². The van der Waals surface area contributed by atoms with Gasteiger partial charge in [-0.1, -0.05) is 48.8 Å². The van der Waals surface area contributed by atoms with Gasteiger partial charge in [-0.25, -0.2) is 18.2 Å². The van der Waals surface area contributed by atoms with Crippen molar-refractivity contribution in [2.75, 3.05) is 6.54 Å². The number of alkyl halides is 3. The van der Waals surface area contributed by atoms with E-state index in [2.05, 4.69) is 25.3 Å². The van der Waals surface area contributed by atoms with Crippen LogP contribution in [0.25, 0.3) is 33.5 Å². The third kappa shape index (κ3) is 8.99. The van der Waals surface area contributed by atoms with Crippen LogP contribution in [0, 0.1) is 12.8 Å². The molecule has 0 spiro atoms. The Kier molecular flexibility index (Phi) is 11.6. The number of aryl methyl sites for hydroxylation is 1. The van der Waals surface area contributed by atoms with Crippen molar-refractivity contribution in [3.8, 4) is 17.3 Å². The number of furan rings is 1. The molecule has 3 N–H and O–H groups in total. The third-order valence-corrected chi connectivity index (χ3v) is 14.7. The highest BCUT2D eigenvalue weighted by Gasteiger charge is 2.62. The molecule has 5 unspecified atom stereocenters. The van der Waals surface area contributed by atoms with Crippen molar-refractivity contribution in [1.82, 2.24) is 30.2 Å². The zero-order valence-corrected chi connectivity index (χ0v) is 35.9. The Labute approximate surface area is 366 Å². The number of hydrogen-bond donors (Lipinski definition) is 3. The van der Waals surface area contributed by atoms with E-state index < -0.39 is 80.5 Å². The van der Waals surface area contributed by atoms with E-state index in [0.717, 1.165) is 37.0 Å². The van der Waals surface area contributed by atoms with Crippen LogP contribution in [-0.2, 0) is 35.3 Å². The van der Waals surface area contributed by atoms with E-state index in [-0.39, 0.29) is 60.3 Å². The second-order valence-corrected chi connectivity index (χ2v) is 19.7. The van der Waals surface area contributed by atoms with Gasteiger partial charge in [0.2, 0.25) is 27.4 Å². The van der Waals surface area contributed by atoms with Gasteiger partial charge in [0.15, 0.2) is 5.82 Å². The number of nitrogens with one attached hydrogen (secondary N) is 3. The highest BCUT2D eigenvalue weighted by Crippen LogP contribution is 2.46. The summed E-state index contributed by atoms with van der Waals surface area (Å²) >= 11 is 0. The molecule has 15 nitrogen and oxygen atoms in total. The Bertz CT molecular complexity index is 2640. The number of allylic oxidation sites excluding steroid dienone is 1. The average Bonchev–Trinajstić information content (AvgIpc) is 4.07.